The van der Waals surface area contributed by atoms with Crippen molar-refractivity contribution in [2.75, 3.05) is 0 Å². The highest BCUT2D eigenvalue weighted by Crippen LogP contribution is 2.33. The highest BCUT2D eigenvalue weighted by Gasteiger charge is 2.25. The standard InChI is InChI=1S/C13H13BrFNO2/c1-13(2,3)11-6-8-9(14)4-7(15)5-10(8)16(11)12(17)18/h4-6H,1-3H3,(H,17,18). The quantitative estimate of drug-likeness (QED) is 0.785. The normalized spacial score (nSPS) is 12.1. The predicted molar refractivity (Wildman–Crippen MR) is 71.7 cm³/mol. The van der Waals surface area contributed by atoms with Crippen LogP contribution in [-0.4, -0.2) is 15.8 Å². The summed E-state index contributed by atoms with van der Waals surface area (Å²) in [6.07, 6.45) is -1.10. The van der Waals surface area contributed by atoms with Gasteiger partial charge in [0.25, 0.3) is 0 Å². The summed E-state index contributed by atoms with van der Waals surface area (Å²) in [6, 6.07) is 4.36. The van der Waals surface area contributed by atoms with E-state index in [4.69, 9.17) is 0 Å². The molecule has 2 aromatic rings. The molecule has 0 saturated carbocycles. The number of fused-ring (bicyclic) bond motifs is 1. The molecule has 1 heterocycles. The van der Waals surface area contributed by atoms with Crippen LogP contribution in [-0.2, 0) is 5.41 Å². The molecule has 1 aromatic heterocycles. The molecule has 0 fully saturated rings. The molecule has 18 heavy (non-hydrogen) atoms. The Hall–Kier alpha value is -1.36. The first-order chi connectivity index (χ1) is 8.21. The Balaban J connectivity index is 2.93. The number of hydrogen-bond acceptors (Lipinski definition) is 1. The largest absolute Gasteiger partial charge is 0.464 e. The molecule has 1 N–H and O–H groups in total. The minimum Gasteiger partial charge on any atom is -0.464 e. The van der Waals surface area contributed by atoms with E-state index in [0.717, 1.165) is 4.57 Å². The molecule has 0 aliphatic heterocycles. The van der Waals surface area contributed by atoms with Crippen molar-refractivity contribution in [1.82, 2.24) is 4.57 Å². The van der Waals surface area contributed by atoms with Crippen LogP contribution in [0.4, 0.5) is 9.18 Å². The van der Waals surface area contributed by atoms with Gasteiger partial charge >= 0.3 is 6.09 Å². The second kappa shape index (κ2) is 4.09. The second-order valence-electron chi connectivity index (χ2n) is 5.22. The molecule has 0 unspecified atom stereocenters. The number of halogens is 2. The molecule has 0 saturated heterocycles. The molecule has 96 valence electrons. The topological polar surface area (TPSA) is 42.2 Å². The summed E-state index contributed by atoms with van der Waals surface area (Å²) in [7, 11) is 0. The maximum absolute atomic E-state index is 13.4. The first-order valence-corrected chi connectivity index (χ1v) is 6.25. The highest BCUT2D eigenvalue weighted by molar-refractivity contribution is 9.10. The van der Waals surface area contributed by atoms with Gasteiger partial charge in [-0.15, -0.1) is 0 Å². The third-order valence-corrected chi connectivity index (χ3v) is 3.45. The lowest BCUT2D eigenvalue weighted by Crippen LogP contribution is -2.21. The van der Waals surface area contributed by atoms with E-state index >= 15 is 0 Å². The molecular weight excluding hydrogens is 301 g/mol. The Morgan fingerprint density at radius 3 is 2.44 bits per heavy atom. The first-order valence-electron chi connectivity index (χ1n) is 5.46. The number of hydrogen-bond donors (Lipinski definition) is 1. The Morgan fingerprint density at radius 1 is 1.33 bits per heavy atom. The summed E-state index contributed by atoms with van der Waals surface area (Å²) >= 11 is 3.26. The van der Waals surface area contributed by atoms with Gasteiger partial charge in [0.15, 0.2) is 0 Å². The van der Waals surface area contributed by atoms with Gasteiger partial charge in [-0.05, 0) is 34.1 Å². The van der Waals surface area contributed by atoms with Gasteiger partial charge in [0.2, 0.25) is 0 Å². The molecular formula is C13H13BrFNO2. The molecule has 0 atom stereocenters. The van der Waals surface area contributed by atoms with Gasteiger partial charge in [0.1, 0.15) is 5.82 Å². The fourth-order valence-electron chi connectivity index (χ4n) is 1.99. The molecule has 5 heteroatoms. The van der Waals surface area contributed by atoms with Gasteiger partial charge in [-0.2, -0.15) is 0 Å². The first kappa shape index (κ1) is 13.1. The van der Waals surface area contributed by atoms with Gasteiger partial charge in [0, 0.05) is 21.0 Å². The lowest BCUT2D eigenvalue weighted by atomic mass is 9.92. The molecule has 0 aliphatic rings. The van der Waals surface area contributed by atoms with Crippen LogP contribution in [0.5, 0.6) is 0 Å². The monoisotopic (exact) mass is 313 g/mol. The van der Waals surface area contributed by atoms with Crippen molar-refractivity contribution in [3.05, 3.63) is 34.2 Å². The number of aromatic nitrogens is 1. The summed E-state index contributed by atoms with van der Waals surface area (Å²) in [4.78, 5) is 11.4. The van der Waals surface area contributed by atoms with Crippen molar-refractivity contribution < 1.29 is 14.3 Å². The molecule has 0 spiro atoms. The third-order valence-electron chi connectivity index (χ3n) is 2.80. The summed E-state index contributed by atoms with van der Waals surface area (Å²) < 4.78 is 15.1. The fraction of sp³-hybridized carbons (Fsp3) is 0.308. The zero-order chi connectivity index (χ0) is 13.7. The van der Waals surface area contributed by atoms with Crippen LogP contribution in [0, 0.1) is 5.82 Å². The Labute approximate surface area is 112 Å². The van der Waals surface area contributed by atoms with Crippen molar-refractivity contribution in [2.45, 2.75) is 26.2 Å². The van der Waals surface area contributed by atoms with Gasteiger partial charge in [-0.1, -0.05) is 20.8 Å². The van der Waals surface area contributed by atoms with E-state index in [0.29, 0.717) is 21.1 Å². The number of carboxylic acid groups (broad SMARTS) is 1. The van der Waals surface area contributed by atoms with Crippen LogP contribution < -0.4 is 0 Å². The average Bonchev–Trinajstić information content (AvgIpc) is 2.55. The summed E-state index contributed by atoms with van der Waals surface area (Å²) in [5.74, 6) is -0.463. The van der Waals surface area contributed by atoms with E-state index in [1.165, 1.54) is 12.1 Å². The highest BCUT2D eigenvalue weighted by atomic mass is 79.9. The molecule has 0 bridgehead atoms. The van der Waals surface area contributed by atoms with Crippen molar-refractivity contribution >= 4 is 32.9 Å². The second-order valence-corrected chi connectivity index (χ2v) is 6.07. The van der Waals surface area contributed by atoms with Crippen LogP contribution in [0.15, 0.2) is 22.7 Å². The predicted octanol–water partition coefficient (Wildman–Crippen LogP) is 4.37. The molecule has 3 nitrogen and oxygen atoms in total. The van der Waals surface area contributed by atoms with Gasteiger partial charge in [-0.25, -0.2) is 13.8 Å². The van der Waals surface area contributed by atoms with Crippen molar-refractivity contribution in [3.8, 4) is 0 Å². The van der Waals surface area contributed by atoms with Crippen LogP contribution in [0.3, 0.4) is 0 Å². The minimum atomic E-state index is -1.10. The fourth-order valence-corrected chi connectivity index (χ4v) is 2.52. The molecule has 0 amide bonds. The van der Waals surface area contributed by atoms with E-state index in [9.17, 15) is 14.3 Å². The number of benzene rings is 1. The zero-order valence-corrected chi connectivity index (χ0v) is 11.9. The van der Waals surface area contributed by atoms with Gasteiger partial charge in [-0.3, -0.25) is 0 Å². The lowest BCUT2D eigenvalue weighted by molar-refractivity contribution is 0.195. The molecule has 2 rings (SSSR count). The Morgan fingerprint density at radius 2 is 1.94 bits per heavy atom. The smallest absolute Gasteiger partial charge is 0.416 e. The number of nitrogens with zero attached hydrogens (tertiary/aromatic N) is 1. The van der Waals surface area contributed by atoms with Crippen LogP contribution in [0.25, 0.3) is 10.9 Å². The van der Waals surface area contributed by atoms with E-state index < -0.39 is 11.9 Å². The van der Waals surface area contributed by atoms with Crippen LogP contribution in [0.1, 0.15) is 26.5 Å². The number of carbonyl (C=O) groups is 1. The maximum atomic E-state index is 13.4. The number of rotatable bonds is 0. The van der Waals surface area contributed by atoms with Crippen molar-refractivity contribution in [2.24, 2.45) is 0 Å². The van der Waals surface area contributed by atoms with E-state index in [1.807, 2.05) is 20.8 Å². The Bertz CT molecular complexity index is 640. The molecule has 0 radical (unpaired) electrons. The summed E-state index contributed by atoms with van der Waals surface area (Å²) in [5, 5.41) is 10.0. The average molecular weight is 314 g/mol. The van der Waals surface area contributed by atoms with Crippen LogP contribution >= 0.6 is 15.9 Å². The van der Waals surface area contributed by atoms with Crippen LogP contribution in [0.2, 0.25) is 0 Å². The van der Waals surface area contributed by atoms with Crippen molar-refractivity contribution in [1.29, 1.82) is 0 Å². The van der Waals surface area contributed by atoms with Gasteiger partial charge in [0.05, 0.1) is 5.52 Å². The Kier molecular flexibility index (Phi) is 2.97. The van der Waals surface area contributed by atoms with E-state index in [-0.39, 0.29) is 5.41 Å². The van der Waals surface area contributed by atoms with Gasteiger partial charge < -0.3 is 5.11 Å². The zero-order valence-electron chi connectivity index (χ0n) is 10.3. The maximum Gasteiger partial charge on any atom is 0.416 e. The molecule has 1 aromatic carbocycles. The van der Waals surface area contributed by atoms with E-state index in [1.54, 1.807) is 6.07 Å². The SMILES string of the molecule is CC(C)(C)c1cc2c(Br)cc(F)cc2n1C(=O)O. The van der Waals surface area contributed by atoms with E-state index in [2.05, 4.69) is 15.9 Å². The minimum absolute atomic E-state index is 0.340. The summed E-state index contributed by atoms with van der Waals surface area (Å²) in [5.41, 5.74) is 0.656. The summed E-state index contributed by atoms with van der Waals surface area (Å²) in [6.45, 7) is 5.76. The molecule has 0 aliphatic carbocycles. The third kappa shape index (κ3) is 2.03. The van der Waals surface area contributed by atoms with Crippen molar-refractivity contribution in [3.63, 3.8) is 0 Å². The lowest BCUT2D eigenvalue weighted by Gasteiger charge is -2.19.